The fourth-order valence-electron chi connectivity index (χ4n) is 3.01. The van der Waals surface area contributed by atoms with Gasteiger partial charge in [0.2, 0.25) is 0 Å². The number of amides is 1. The molecule has 1 atom stereocenters. The molecular weight excluding hydrogens is 408 g/mol. The van der Waals surface area contributed by atoms with Crippen LogP contribution in [0.15, 0.2) is 35.4 Å². The predicted octanol–water partition coefficient (Wildman–Crippen LogP) is 1.87. The van der Waals surface area contributed by atoms with E-state index in [1.807, 2.05) is 20.8 Å². The number of hydrogen-bond acceptors (Lipinski definition) is 6. The van der Waals surface area contributed by atoms with E-state index in [0.29, 0.717) is 6.42 Å². The minimum atomic E-state index is -3.92. The van der Waals surface area contributed by atoms with Gasteiger partial charge in [0.25, 0.3) is 15.9 Å². The number of carbonyl (C=O) groups excluding carboxylic acids is 2. The molecule has 0 saturated carbocycles. The molecule has 2 aromatic rings. The molecule has 1 heterocycles. The summed E-state index contributed by atoms with van der Waals surface area (Å²) in [7, 11) is 0.221. The lowest BCUT2D eigenvalue weighted by atomic mass is 10.0. The van der Waals surface area contributed by atoms with Crippen molar-refractivity contribution in [2.24, 2.45) is 13.0 Å². The summed E-state index contributed by atoms with van der Waals surface area (Å²) in [6.07, 6.45) is 1.65. The minimum Gasteiger partial charge on any atom is -0.467 e. The van der Waals surface area contributed by atoms with Crippen LogP contribution in [0.1, 0.15) is 36.2 Å². The van der Waals surface area contributed by atoms with Crippen molar-refractivity contribution in [1.82, 2.24) is 15.1 Å². The largest absolute Gasteiger partial charge is 0.467 e. The SMILES string of the molecule is COC(=O)C(CC(C)C)NC(=O)c1cnn(C)c1N(C)S(=O)(=O)c1ccc(C)cc1. The molecule has 10 heteroatoms. The number of carbonyl (C=O) groups is 2. The number of rotatable bonds is 8. The Hall–Kier alpha value is -2.88. The summed E-state index contributed by atoms with van der Waals surface area (Å²) >= 11 is 0. The maximum Gasteiger partial charge on any atom is 0.328 e. The van der Waals surface area contributed by atoms with E-state index < -0.39 is 27.9 Å². The molecule has 1 unspecified atom stereocenters. The van der Waals surface area contributed by atoms with Gasteiger partial charge < -0.3 is 10.1 Å². The summed E-state index contributed by atoms with van der Waals surface area (Å²) in [6.45, 7) is 5.69. The second-order valence-corrected chi connectivity index (χ2v) is 9.44. The highest BCUT2D eigenvalue weighted by atomic mass is 32.2. The zero-order valence-corrected chi connectivity index (χ0v) is 18.9. The number of sulfonamides is 1. The van der Waals surface area contributed by atoms with Crippen LogP contribution in [-0.4, -0.2) is 50.3 Å². The minimum absolute atomic E-state index is 0.0355. The summed E-state index contributed by atoms with van der Waals surface area (Å²) < 4.78 is 33.2. The van der Waals surface area contributed by atoms with Crippen molar-refractivity contribution in [3.8, 4) is 0 Å². The fraction of sp³-hybridized carbons (Fsp3) is 0.450. The van der Waals surface area contributed by atoms with E-state index in [9.17, 15) is 18.0 Å². The fourth-order valence-corrected chi connectivity index (χ4v) is 4.25. The highest BCUT2D eigenvalue weighted by Gasteiger charge is 2.30. The standard InChI is InChI=1S/C20H28N4O5S/c1-13(2)11-17(20(26)29-6)22-18(25)16-12-21-23(4)19(16)24(5)30(27,28)15-9-7-14(3)8-10-15/h7-10,12-13,17H,11H2,1-6H3,(H,22,25). The third-order valence-corrected chi connectivity index (χ3v) is 6.39. The maximum atomic E-state index is 13.1. The van der Waals surface area contributed by atoms with Gasteiger partial charge in [-0.25, -0.2) is 13.2 Å². The van der Waals surface area contributed by atoms with Crippen molar-refractivity contribution >= 4 is 27.7 Å². The number of anilines is 1. The Labute approximate surface area is 177 Å². The van der Waals surface area contributed by atoms with E-state index in [1.54, 1.807) is 19.2 Å². The number of hydrogen-bond donors (Lipinski definition) is 1. The van der Waals surface area contributed by atoms with E-state index in [2.05, 4.69) is 10.4 Å². The van der Waals surface area contributed by atoms with Crippen LogP contribution in [0.25, 0.3) is 0 Å². The molecule has 164 valence electrons. The molecule has 0 saturated heterocycles. The molecule has 0 bridgehead atoms. The van der Waals surface area contributed by atoms with Crippen LogP contribution in [0, 0.1) is 12.8 Å². The highest BCUT2D eigenvalue weighted by molar-refractivity contribution is 7.92. The van der Waals surface area contributed by atoms with Gasteiger partial charge in [0, 0.05) is 14.1 Å². The predicted molar refractivity (Wildman–Crippen MR) is 113 cm³/mol. The number of ether oxygens (including phenoxy) is 1. The molecular formula is C20H28N4O5S. The van der Waals surface area contributed by atoms with E-state index in [1.165, 1.54) is 37.2 Å². The first-order valence-electron chi connectivity index (χ1n) is 9.45. The quantitative estimate of drug-likeness (QED) is 0.633. The van der Waals surface area contributed by atoms with Crippen molar-refractivity contribution in [2.45, 2.75) is 38.1 Å². The van der Waals surface area contributed by atoms with Gasteiger partial charge >= 0.3 is 5.97 Å². The molecule has 1 N–H and O–H groups in total. The number of aromatic nitrogens is 2. The third kappa shape index (κ3) is 4.99. The molecule has 1 aromatic heterocycles. The first-order valence-corrected chi connectivity index (χ1v) is 10.9. The third-order valence-electron chi connectivity index (χ3n) is 4.63. The van der Waals surface area contributed by atoms with Gasteiger partial charge in [0.15, 0.2) is 5.82 Å². The number of nitrogens with one attached hydrogen (secondary N) is 1. The van der Waals surface area contributed by atoms with E-state index >= 15 is 0 Å². The van der Waals surface area contributed by atoms with E-state index in [-0.39, 0.29) is 22.2 Å². The molecule has 0 fully saturated rings. The van der Waals surface area contributed by atoms with Gasteiger partial charge in [-0.15, -0.1) is 0 Å². The summed E-state index contributed by atoms with van der Waals surface area (Å²) in [5.74, 6) is -0.961. The molecule has 2 rings (SSSR count). The van der Waals surface area contributed by atoms with Gasteiger partial charge in [-0.1, -0.05) is 31.5 Å². The van der Waals surface area contributed by atoms with Crippen LogP contribution in [0.3, 0.4) is 0 Å². The van der Waals surface area contributed by atoms with Crippen LogP contribution < -0.4 is 9.62 Å². The first-order chi connectivity index (χ1) is 14.0. The number of aryl methyl sites for hydroxylation is 2. The Bertz CT molecular complexity index is 1010. The van der Waals surface area contributed by atoms with Crippen LogP contribution in [0.2, 0.25) is 0 Å². The van der Waals surface area contributed by atoms with Crippen molar-refractivity contribution in [2.75, 3.05) is 18.5 Å². The van der Waals surface area contributed by atoms with E-state index in [4.69, 9.17) is 4.74 Å². The summed E-state index contributed by atoms with van der Waals surface area (Å²) in [5.41, 5.74) is 0.963. The highest BCUT2D eigenvalue weighted by Crippen LogP contribution is 2.25. The molecule has 1 amide bonds. The Morgan fingerprint density at radius 2 is 1.83 bits per heavy atom. The van der Waals surface area contributed by atoms with Crippen LogP contribution in [0.4, 0.5) is 5.82 Å². The van der Waals surface area contributed by atoms with Crippen LogP contribution in [0.5, 0.6) is 0 Å². The van der Waals surface area contributed by atoms with Gasteiger partial charge in [0.1, 0.15) is 11.6 Å². The Morgan fingerprint density at radius 3 is 2.37 bits per heavy atom. The van der Waals surface area contributed by atoms with Gasteiger partial charge in [-0.05, 0) is 31.4 Å². The summed E-state index contributed by atoms with van der Waals surface area (Å²) in [4.78, 5) is 25.0. The number of esters is 1. The average molecular weight is 437 g/mol. The van der Waals surface area contributed by atoms with Crippen LogP contribution >= 0.6 is 0 Å². The zero-order chi connectivity index (χ0) is 22.6. The van der Waals surface area contributed by atoms with Crippen molar-refractivity contribution in [3.05, 3.63) is 41.6 Å². The molecule has 9 nitrogen and oxygen atoms in total. The maximum absolute atomic E-state index is 13.1. The second-order valence-electron chi connectivity index (χ2n) is 7.47. The molecule has 0 aliphatic carbocycles. The molecule has 0 aliphatic rings. The first kappa shape index (κ1) is 23.4. The lowest BCUT2D eigenvalue weighted by molar-refractivity contribution is -0.143. The number of nitrogens with zero attached hydrogens (tertiary/aromatic N) is 3. The molecule has 0 spiro atoms. The molecule has 30 heavy (non-hydrogen) atoms. The number of methoxy groups -OCH3 is 1. The molecule has 1 aromatic carbocycles. The van der Waals surface area contributed by atoms with Gasteiger partial charge in [-0.3, -0.25) is 13.8 Å². The van der Waals surface area contributed by atoms with Gasteiger partial charge in [0.05, 0.1) is 18.2 Å². The zero-order valence-electron chi connectivity index (χ0n) is 18.0. The van der Waals surface area contributed by atoms with E-state index in [0.717, 1.165) is 9.87 Å². The Kier molecular flexibility index (Phi) is 7.25. The Morgan fingerprint density at radius 1 is 1.23 bits per heavy atom. The lowest BCUT2D eigenvalue weighted by Gasteiger charge is -2.22. The van der Waals surface area contributed by atoms with Crippen molar-refractivity contribution in [1.29, 1.82) is 0 Å². The number of benzene rings is 1. The van der Waals surface area contributed by atoms with Crippen molar-refractivity contribution < 1.29 is 22.7 Å². The topological polar surface area (TPSA) is 111 Å². The Balaban J connectivity index is 2.38. The molecule has 0 aliphatic heterocycles. The molecule has 0 radical (unpaired) electrons. The monoisotopic (exact) mass is 436 g/mol. The average Bonchev–Trinajstić information content (AvgIpc) is 3.07. The smallest absolute Gasteiger partial charge is 0.328 e. The second kappa shape index (κ2) is 9.29. The lowest BCUT2D eigenvalue weighted by Crippen LogP contribution is -2.43. The van der Waals surface area contributed by atoms with Crippen molar-refractivity contribution in [3.63, 3.8) is 0 Å². The normalized spacial score (nSPS) is 12.5. The van der Waals surface area contributed by atoms with Crippen LogP contribution in [-0.2, 0) is 26.6 Å². The van der Waals surface area contributed by atoms with Gasteiger partial charge in [-0.2, -0.15) is 5.10 Å². The summed E-state index contributed by atoms with van der Waals surface area (Å²) in [5, 5.41) is 6.68. The summed E-state index contributed by atoms with van der Waals surface area (Å²) in [6, 6.07) is 5.56.